The van der Waals surface area contributed by atoms with Crippen molar-refractivity contribution >= 4 is 17.4 Å². The van der Waals surface area contributed by atoms with Crippen LogP contribution in [0.4, 0.5) is 15.9 Å². The Balaban J connectivity index is 1.32. The summed E-state index contributed by atoms with van der Waals surface area (Å²) in [5.41, 5.74) is 3.25. The highest BCUT2D eigenvalue weighted by Gasteiger charge is 2.07. The molecule has 0 saturated heterocycles. The monoisotopic (exact) mass is 426 g/mol. The van der Waals surface area contributed by atoms with Crippen LogP contribution in [0.3, 0.4) is 0 Å². The molecule has 0 fully saturated rings. The predicted octanol–water partition coefficient (Wildman–Crippen LogP) is 5.39. The highest BCUT2D eigenvalue weighted by Crippen LogP contribution is 2.20. The van der Waals surface area contributed by atoms with Crippen molar-refractivity contribution < 1.29 is 9.18 Å². The second-order valence-electron chi connectivity index (χ2n) is 7.32. The van der Waals surface area contributed by atoms with Gasteiger partial charge in [0, 0.05) is 29.6 Å². The van der Waals surface area contributed by atoms with E-state index < -0.39 is 0 Å². The normalized spacial score (nSPS) is 10.5. The van der Waals surface area contributed by atoms with Gasteiger partial charge in [0.2, 0.25) is 0 Å². The number of aryl methyl sites for hydroxylation is 1. The van der Waals surface area contributed by atoms with Crippen molar-refractivity contribution in [2.45, 2.75) is 12.8 Å². The molecule has 0 spiro atoms. The molecule has 0 aliphatic carbocycles. The molecule has 160 valence electrons. The molecular formula is C26H23FN4O. The summed E-state index contributed by atoms with van der Waals surface area (Å²) in [7, 11) is 0. The number of nitrogens with zero attached hydrogens (tertiary/aromatic N) is 2. The van der Waals surface area contributed by atoms with Crippen molar-refractivity contribution in [3.63, 3.8) is 0 Å². The number of anilines is 2. The van der Waals surface area contributed by atoms with Crippen molar-refractivity contribution in [3.8, 4) is 11.4 Å². The van der Waals surface area contributed by atoms with Crippen LogP contribution >= 0.6 is 0 Å². The van der Waals surface area contributed by atoms with Gasteiger partial charge in [-0.3, -0.25) is 4.79 Å². The molecule has 0 radical (unpaired) electrons. The lowest BCUT2D eigenvalue weighted by atomic mass is 10.1. The molecule has 0 unspecified atom stereocenters. The fraction of sp³-hybridized carbons (Fsp3) is 0.115. The third kappa shape index (κ3) is 5.76. The van der Waals surface area contributed by atoms with Crippen LogP contribution in [0.15, 0.2) is 91.1 Å². The van der Waals surface area contributed by atoms with Crippen LogP contribution in [0.1, 0.15) is 22.3 Å². The molecule has 0 aliphatic heterocycles. The Hall–Kier alpha value is -4.06. The van der Waals surface area contributed by atoms with Crippen molar-refractivity contribution in [2.24, 2.45) is 0 Å². The van der Waals surface area contributed by atoms with Gasteiger partial charge in [0.1, 0.15) is 11.6 Å². The van der Waals surface area contributed by atoms with E-state index in [2.05, 4.69) is 32.7 Å². The van der Waals surface area contributed by atoms with Gasteiger partial charge in [-0.1, -0.05) is 42.5 Å². The zero-order chi connectivity index (χ0) is 22.2. The van der Waals surface area contributed by atoms with E-state index in [4.69, 9.17) is 0 Å². The zero-order valence-corrected chi connectivity index (χ0v) is 17.5. The molecule has 5 nitrogen and oxygen atoms in total. The topological polar surface area (TPSA) is 66.9 Å². The fourth-order valence-electron chi connectivity index (χ4n) is 3.29. The van der Waals surface area contributed by atoms with Gasteiger partial charge in [-0.15, -0.1) is 0 Å². The third-order valence-corrected chi connectivity index (χ3v) is 4.93. The molecule has 0 aliphatic rings. The lowest BCUT2D eigenvalue weighted by molar-refractivity contribution is 0.0953. The Kier molecular flexibility index (Phi) is 6.82. The van der Waals surface area contributed by atoms with E-state index in [9.17, 15) is 9.18 Å². The Morgan fingerprint density at radius 2 is 1.72 bits per heavy atom. The number of carbonyl (C=O) groups excluding carboxylic acids is 1. The minimum absolute atomic E-state index is 0.0972. The SMILES string of the molecule is O=C(NCCCc1ccccc1)c1ccc(Nc2ccnc(-c3cccc(F)c3)n2)cc1. The van der Waals surface area contributed by atoms with Gasteiger partial charge in [0.05, 0.1) is 0 Å². The maximum atomic E-state index is 13.5. The minimum atomic E-state index is -0.335. The summed E-state index contributed by atoms with van der Waals surface area (Å²) in [5.74, 6) is 0.580. The van der Waals surface area contributed by atoms with Crippen molar-refractivity contribution in [2.75, 3.05) is 11.9 Å². The lowest BCUT2D eigenvalue weighted by Crippen LogP contribution is -2.24. The molecule has 4 rings (SSSR count). The maximum absolute atomic E-state index is 13.5. The molecule has 32 heavy (non-hydrogen) atoms. The Labute approximate surface area is 186 Å². The first kappa shape index (κ1) is 21.2. The quantitative estimate of drug-likeness (QED) is 0.371. The average Bonchev–Trinajstić information content (AvgIpc) is 2.83. The summed E-state index contributed by atoms with van der Waals surface area (Å²) < 4.78 is 13.5. The van der Waals surface area contributed by atoms with Gasteiger partial charge in [0.15, 0.2) is 5.82 Å². The van der Waals surface area contributed by atoms with Crippen molar-refractivity contribution in [1.29, 1.82) is 0 Å². The van der Waals surface area contributed by atoms with Gasteiger partial charge in [0.25, 0.3) is 5.91 Å². The van der Waals surface area contributed by atoms with Crippen LogP contribution in [-0.4, -0.2) is 22.4 Å². The van der Waals surface area contributed by atoms with E-state index >= 15 is 0 Å². The predicted molar refractivity (Wildman–Crippen MR) is 124 cm³/mol. The van der Waals surface area contributed by atoms with E-state index in [1.165, 1.54) is 17.7 Å². The molecule has 6 heteroatoms. The van der Waals surface area contributed by atoms with Crippen molar-refractivity contribution in [3.05, 3.63) is 108 Å². The fourth-order valence-corrected chi connectivity index (χ4v) is 3.29. The molecule has 1 aromatic heterocycles. The summed E-state index contributed by atoms with van der Waals surface area (Å²) in [6, 6.07) is 25.3. The first-order valence-electron chi connectivity index (χ1n) is 10.5. The second-order valence-corrected chi connectivity index (χ2v) is 7.32. The van der Waals surface area contributed by atoms with E-state index in [-0.39, 0.29) is 11.7 Å². The molecule has 1 heterocycles. The van der Waals surface area contributed by atoms with E-state index in [0.29, 0.717) is 29.3 Å². The third-order valence-electron chi connectivity index (χ3n) is 4.93. The molecule has 2 N–H and O–H groups in total. The molecule has 0 atom stereocenters. The molecule has 0 saturated carbocycles. The highest BCUT2D eigenvalue weighted by molar-refractivity contribution is 5.94. The lowest BCUT2D eigenvalue weighted by Gasteiger charge is -2.09. The van der Waals surface area contributed by atoms with Gasteiger partial charge < -0.3 is 10.6 Å². The van der Waals surface area contributed by atoms with Crippen LogP contribution in [0.5, 0.6) is 0 Å². The zero-order valence-electron chi connectivity index (χ0n) is 17.5. The van der Waals surface area contributed by atoms with Crippen LogP contribution in [0, 0.1) is 5.82 Å². The van der Waals surface area contributed by atoms with Crippen LogP contribution in [-0.2, 0) is 6.42 Å². The van der Waals surface area contributed by atoms with Crippen LogP contribution in [0.2, 0.25) is 0 Å². The number of carbonyl (C=O) groups is 1. The molecule has 3 aromatic carbocycles. The van der Waals surface area contributed by atoms with E-state index in [1.807, 2.05) is 30.3 Å². The van der Waals surface area contributed by atoms with Crippen molar-refractivity contribution in [1.82, 2.24) is 15.3 Å². The maximum Gasteiger partial charge on any atom is 0.251 e. The number of nitrogens with one attached hydrogen (secondary N) is 2. The molecular weight excluding hydrogens is 403 g/mol. The number of hydrogen-bond acceptors (Lipinski definition) is 4. The van der Waals surface area contributed by atoms with Gasteiger partial charge >= 0.3 is 0 Å². The highest BCUT2D eigenvalue weighted by atomic mass is 19.1. The summed E-state index contributed by atoms with van der Waals surface area (Å²) >= 11 is 0. The van der Waals surface area contributed by atoms with Crippen LogP contribution < -0.4 is 10.6 Å². The largest absolute Gasteiger partial charge is 0.352 e. The van der Waals surface area contributed by atoms with Gasteiger partial charge in [-0.2, -0.15) is 0 Å². The second kappa shape index (κ2) is 10.3. The molecule has 0 bridgehead atoms. The van der Waals surface area contributed by atoms with Gasteiger partial charge in [-0.25, -0.2) is 14.4 Å². The Morgan fingerprint density at radius 3 is 2.50 bits per heavy atom. The number of hydrogen-bond donors (Lipinski definition) is 2. The number of amides is 1. The smallest absolute Gasteiger partial charge is 0.251 e. The molecule has 4 aromatic rings. The minimum Gasteiger partial charge on any atom is -0.352 e. The standard InChI is InChI=1S/C26H23FN4O/c27-22-10-4-9-21(18-22)25-28-17-15-24(31-25)30-23-13-11-20(12-14-23)26(32)29-16-5-8-19-6-2-1-3-7-19/h1-4,6-7,9-15,17-18H,5,8,16H2,(H,29,32)(H,28,30,31). The van der Waals surface area contributed by atoms with Crippen LogP contribution in [0.25, 0.3) is 11.4 Å². The van der Waals surface area contributed by atoms with E-state index in [0.717, 1.165) is 18.5 Å². The Bertz CT molecular complexity index is 1180. The summed E-state index contributed by atoms with van der Waals surface area (Å²) in [6.45, 7) is 0.623. The first-order valence-corrected chi connectivity index (χ1v) is 10.5. The summed E-state index contributed by atoms with van der Waals surface area (Å²) in [4.78, 5) is 21.0. The number of benzene rings is 3. The average molecular weight is 426 g/mol. The first-order chi connectivity index (χ1) is 15.7. The number of aromatic nitrogens is 2. The number of rotatable bonds is 8. The van der Waals surface area contributed by atoms with Gasteiger partial charge in [-0.05, 0) is 60.9 Å². The van der Waals surface area contributed by atoms with E-state index in [1.54, 1.807) is 36.5 Å². The molecule has 1 amide bonds. The summed E-state index contributed by atoms with van der Waals surface area (Å²) in [5, 5.41) is 6.15. The summed E-state index contributed by atoms with van der Waals surface area (Å²) in [6.07, 6.45) is 3.43. The number of halogens is 1. The Morgan fingerprint density at radius 1 is 0.906 bits per heavy atom.